The van der Waals surface area contributed by atoms with Crippen molar-refractivity contribution in [1.29, 1.82) is 0 Å². The summed E-state index contributed by atoms with van der Waals surface area (Å²) in [6.07, 6.45) is 3.02. The van der Waals surface area contributed by atoms with Crippen LogP contribution < -0.4 is 16.0 Å². The molecule has 0 radical (unpaired) electrons. The van der Waals surface area contributed by atoms with Gasteiger partial charge >= 0.3 is 0 Å². The van der Waals surface area contributed by atoms with Crippen molar-refractivity contribution in [3.8, 4) is 0 Å². The summed E-state index contributed by atoms with van der Waals surface area (Å²) in [5.74, 6) is -0.240. The van der Waals surface area contributed by atoms with Crippen molar-refractivity contribution in [2.45, 2.75) is 44.3 Å². The molecule has 2 unspecified atom stereocenters. The van der Waals surface area contributed by atoms with Gasteiger partial charge in [0, 0.05) is 12.6 Å². The highest BCUT2D eigenvalue weighted by molar-refractivity contribution is 5.90. The Morgan fingerprint density at radius 2 is 2.05 bits per heavy atom. The number of amides is 2. The molecule has 1 aliphatic heterocycles. The molecule has 5 nitrogen and oxygen atoms in total. The normalized spacial score (nSPS) is 22.0. The van der Waals surface area contributed by atoms with E-state index in [1.165, 1.54) is 5.56 Å². The zero-order valence-corrected chi connectivity index (χ0v) is 12.2. The van der Waals surface area contributed by atoms with Gasteiger partial charge in [-0.15, -0.1) is 0 Å². The third-order valence-corrected chi connectivity index (χ3v) is 4.05. The van der Waals surface area contributed by atoms with Crippen LogP contribution in [0, 0.1) is 0 Å². The van der Waals surface area contributed by atoms with E-state index >= 15 is 0 Å². The number of fused-ring (bicyclic) bond motifs is 1. The second-order valence-corrected chi connectivity index (χ2v) is 5.85. The largest absolute Gasteiger partial charge is 0.352 e. The third-order valence-electron chi connectivity index (χ3n) is 4.05. The summed E-state index contributed by atoms with van der Waals surface area (Å²) in [5.41, 5.74) is 2.21. The summed E-state index contributed by atoms with van der Waals surface area (Å²) in [7, 11) is 0. The summed E-state index contributed by atoms with van der Waals surface area (Å²) >= 11 is 0. The Kier molecular flexibility index (Phi) is 3.92. The number of carbonyl (C=O) groups excluding carboxylic acids is 2. The van der Waals surface area contributed by atoms with E-state index < -0.39 is 6.04 Å². The molecule has 1 aromatic carbocycles. The maximum absolute atomic E-state index is 12.4. The molecule has 21 heavy (non-hydrogen) atoms. The lowest BCUT2D eigenvalue weighted by atomic mass is 9.94. The Hall–Kier alpha value is -1.88. The van der Waals surface area contributed by atoms with E-state index in [9.17, 15) is 9.59 Å². The van der Waals surface area contributed by atoms with Crippen LogP contribution in [0.25, 0.3) is 0 Å². The molecule has 1 heterocycles. The van der Waals surface area contributed by atoms with E-state index in [0.29, 0.717) is 6.04 Å². The summed E-state index contributed by atoms with van der Waals surface area (Å²) in [6.45, 7) is 2.50. The van der Waals surface area contributed by atoms with Gasteiger partial charge in [-0.1, -0.05) is 24.3 Å². The lowest BCUT2D eigenvalue weighted by Gasteiger charge is -2.27. The third kappa shape index (κ3) is 3.24. The highest BCUT2D eigenvalue weighted by atomic mass is 16.2. The summed E-state index contributed by atoms with van der Waals surface area (Å²) in [4.78, 5) is 24.3. The van der Waals surface area contributed by atoms with Gasteiger partial charge < -0.3 is 16.0 Å². The second-order valence-electron chi connectivity index (χ2n) is 5.85. The quantitative estimate of drug-likeness (QED) is 0.762. The summed E-state index contributed by atoms with van der Waals surface area (Å²) in [5, 5.41) is 8.95. The first-order valence-corrected chi connectivity index (χ1v) is 7.57. The molecule has 1 aromatic rings. The minimum absolute atomic E-state index is 0.102. The van der Waals surface area contributed by atoms with E-state index in [1.807, 2.05) is 18.2 Å². The average molecular weight is 287 g/mol. The van der Waals surface area contributed by atoms with Crippen molar-refractivity contribution in [1.82, 2.24) is 16.0 Å². The Morgan fingerprint density at radius 3 is 2.81 bits per heavy atom. The molecule has 0 bridgehead atoms. The summed E-state index contributed by atoms with van der Waals surface area (Å²) < 4.78 is 0. The lowest BCUT2D eigenvalue weighted by Crippen LogP contribution is -2.49. The molecule has 3 rings (SSSR count). The standard InChI is InChI=1S/C16H21N3O2/c1-10(15(20)19-12-6-7-12)18-16(21)14-13-5-3-2-4-11(13)8-9-17-14/h2-5,10,12,14,17H,6-9H2,1H3,(H,18,21)(H,19,20). The molecule has 2 aliphatic rings. The van der Waals surface area contributed by atoms with E-state index in [0.717, 1.165) is 31.4 Å². The number of hydrogen-bond acceptors (Lipinski definition) is 3. The first kappa shape index (κ1) is 14.1. The predicted octanol–water partition coefficient (Wildman–Crippen LogP) is 0.657. The zero-order chi connectivity index (χ0) is 14.8. The van der Waals surface area contributed by atoms with E-state index in [-0.39, 0.29) is 17.9 Å². The average Bonchev–Trinajstić information content (AvgIpc) is 3.30. The Labute approximate surface area is 124 Å². The number of nitrogens with one attached hydrogen (secondary N) is 3. The first-order valence-electron chi connectivity index (χ1n) is 7.57. The Balaban J connectivity index is 1.64. The fourth-order valence-electron chi connectivity index (χ4n) is 2.65. The van der Waals surface area contributed by atoms with Gasteiger partial charge in [-0.25, -0.2) is 0 Å². The van der Waals surface area contributed by atoms with Gasteiger partial charge in [0.15, 0.2) is 0 Å². The van der Waals surface area contributed by atoms with Crippen LogP contribution in [0.4, 0.5) is 0 Å². The van der Waals surface area contributed by atoms with Crippen molar-refractivity contribution in [2.75, 3.05) is 6.54 Å². The zero-order valence-electron chi connectivity index (χ0n) is 12.2. The molecule has 2 amide bonds. The SMILES string of the molecule is CC(NC(=O)C1NCCc2ccccc21)C(=O)NC1CC1. The second kappa shape index (κ2) is 5.85. The predicted molar refractivity (Wildman–Crippen MR) is 79.7 cm³/mol. The molecule has 0 aromatic heterocycles. The monoisotopic (exact) mass is 287 g/mol. The molecule has 1 saturated carbocycles. The van der Waals surface area contributed by atoms with Crippen LogP contribution in [0.5, 0.6) is 0 Å². The topological polar surface area (TPSA) is 70.2 Å². The lowest BCUT2D eigenvalue weighted by molar-refractivity contribution is -0.129. The molecule has 3 N–H and O–H groups in total. The van der Waals surface area contributed by atoms with Gasteiger partial charge in [0.2, 0.25) is 11.8 Å². The highest BCUT2D eigenvalue weighted by Gasteiger charge is 2.30. The van der Waals surface area contributed by atoms with Crippen LogP contribution in [0.2, 0.25) is 0 Å². The van der Waals surface area contributed by atoms with Gasteiger partial charge in [-0.2, -0.15) is 0 Å². The fourth-order valence-corrected chi connectivity index (χ4v) is 2.65. The molecular weight excluding hydrogens is 266 g/mol. The minimum Gasteiger partial charge on any atom is -0.352 e. The number of carbonyl (C=O) groups is 2. The van der Waals surface area contributed by atoms with Crippen molar-refractivity contribution < 1.29 is 9.59 Å². The van der Waals surface area contributed by atoms with E-state index in [4.69, 9.17) is 0 Å². The van der Waals surface area contributed by atoms with Crippen LogP contribution in [0.1, 0.15) is 36.9 Å². The van der Waals surface area contributed by atoms with Crippen LogP contribution in [0.3, 0.4) is 0 Å². The van der Waals surface area contributed by atoms with Crippen LogP contribution in [0.15, 0.2) is 24.3 Å². The Morgan fingerprint density at radius 1 is 1.29 bits per heavy atom. The van der Waals surface area contributed by atoms with Crippen molar-refractivity contribution >= 4 is 11.8 Å². The molecule has 1 fully saturated rings. The van der Waals surface area contributed by atoms with Gasteiger partial charge in [-0.3, -0.25) is 9.59 Å². The van der Waals surface area contributed by atoms with E-state index in [2.05, 4.69) is 22.0 Å². The van der Waals surface area contributed by atoms with Crippen molar-refractivity contribution in [3.63, 3.8) is 0 Å². The summed E-state index contributed by atoms with van der Waals surface area (Å²) in [6, 6.07) is 7.39. The number of hydrogen-bond donors (Lipinski definition) is 3. The van der Waals surface area contributed by atoms with Gasteiger partial charge in [0.05, 0.1) is 0 Å². The van der Waals surface area contributed by atoms with Gasteiger partial charge in [0.25, 0.3) is 0 Å². The Bertz CT molecular complexity index is 554. The molecule has 2 atom stereocenters. The van der Waals surface area contributed by atoms with Crippen molar-refractivity contribution in [3.05, 3.63) is 35.4 Å². The van der Waals surface area contributed by atoms with Gasteiger partial charge in [-0.05, 0) is 37.3 Å². The fraction of sp³-hybridized carbons (Fsp3) is 0.500. The molecule has 1 aliphatic carbocycles. The molecule has 0 spiro atoms. The molecule has 0 saturated heterocycles. The van der Waals surface area contributed by atoms with Crippen LogP contribution in [-0.2, 0) is 16.0 Å². The first-order chi connectivity index (χ1) is 10.1. The maximum Gasteiger partial charge on any atom is 0.242 e. The van der Waals surface area contributed by atoms with Crippen LogP contribution in [-0.4, -0.2) is 30.4 Å². The van der Waals surface area contributed by atoms with Crippen LogP contribution >= 0.6 is 0 Å². The molecule has 112 valence electrons. The number of benzene rings is 1. The molecular formula is C16H21N3O2. The number of rotatable bonds is 4. The van der Waals surface area contributed by atoms with Gasteiger partial charge in [0.1, 0.15) is 12.1 Å². The van der Waals surface area contributed by atoms with E-state index in [1.54, 1.807) is 6.92 Å². The maximum atomic E-state index is 12.4. The highest BCUT2D eigenvalue weighted by Crippen LogP contribution is 2.23. The molecule has 5 heteroatoms. The smallest absolute Gasteiger partial charge is 0.242 e. The minimum atomic E-state index is -0.506. The van der Waals surface area contributed by atoms with Crippen molar-refractivity contribution in [2.24, 2.45) is 0 Å².